The van der Waals surface area contributed by atoms with Gasteiger partial charge in [-0.25, -0.2) is 0 Å². The van der Waals surface area contributed by atoms with E-state index in [1.165, 1.54) is 4.74 Å². The van der Waals surface area contributed by atoms with Gasteiger partial charge in [-0.1, -0.05) is 25.1 Å². The Morgan fingerprint density at radius 3 is 2.47 bits per heavy atom. The van der Waals surface area contributed by atoms with E-state index in [0.717, 1.165) is 17.9 Å². The lowest BCUT2D eigenvalue weighted by atomic mass is 10.2. The minimum Gasteiger partial charge on any atom is -0.376 e. The molecule has 78 valence electrons. The Kier molecular flexibility index (Phi) is 2.46. The van der Waals surface area contributed by atoms with Crippen LogP contribution in [0.1, 0.15) is 18.2 Å². The number of rotatable bonds is 2. The van der Waals surface area contributed by atoms with E-state index in [0.29, 0.717) is 5.56 Å². The molecule has 0 saturated carbocycles. The third-order valence-electron chi connectivity index (χ3n) is 2.44. The van der Waals surface area contributed by atoms with Crippen molar-refractivity contribution in [3.8, 4) is 5.69 Å². The van der Waals surface area contributed by atoms with Gasteiger partial charge in [0.05, 0.1) is 11.3 Å². The maximum atomic E-state index is 11.8. The van der Waals surface area contributed by atoms with Gasteiger partial charge in [-0.2, -0.15) is 0 Å². The molecule has 3 nitrogen and oxygen atoms in total. The number of nitrogens with zero attached hydrogens (tertiary/aromatic N) is 1. The first-order valence-electron chi connectivity index (χ1n) is 5.01. The molecule has 0 atom stereocenters. The molecule has 3 heteroatoms. The molecule has 1 heterocycles. The number of para-hydroxylation sites is 1. The summed E-state index contributed by atoms with van der Waals surface area (Å²) in [6.45, 7) is 3.77. The molecule has 2 aromatic rings. The first kappa shape index (κ1) is 9.77. The number of benzene rings is 1. The van der Waals surface area contributed by atoms with Gasteiger partial charge >= 0.3 is 0 Å². The Bertz CT molecular complexity index is 508. The van der Waals surface area contributed by atoms with Gasteiger partial charge < -0.3 is 4.52 Å². The second kappa shape index (κ2) is 3.77. The van der Waals surface area contributed by atoms with E-state index in [1.54, 1.807) is 6.92 Å². The molecular formula is C12H13NO2. The molecule has 0 aliphatic carbocycles. The van der Waals surface area contributed by atoms with Crippen LogP contribution in [-0.4, -0.2) is 4.74 Å². The molecule has 2 rings (SSSR count). The summed E-state index contributed by atoms with van der Waals surface area (Å²) in [6.07, 6.45) is 0.737. The highest BCUT2D eigenvalue weighted by Gasteiger charge is 2.11. The second-order valence-electron chi connectivity index (χ2n) is 3.43. The summed E-state index contributed by atoms with van der Waals surface area (Å²) in [5, 5.41) is 0. The van der Waals surface area contributed by atoms with Gasteiger partial charge in [-0.3, -0.25) is 4.79 Å². The van der Waals surface area contributed by atoms with Crippen molar-refractivity contribution in [2.24, 2.45) is 0 Å². The summed E-state index contributed by atoms with van der Waals surface area (Å²) in [5.74, 6) is 0.754. The van der Waals surface area contributed by atoms with Crippen molar-refractivity contribution < 1.29 is 4.52 Å². The van der Waals surface area contributed by atoms with Crippen molar-refractivity contribution in [1.82, 2.24) is 4.74 Å². The Balaban J connectivity index is 2.60. The van der Waals surface area contributed by atoms with Crippen LogP contribution in [0.2, 0.25) is 0 Å². The summed E-state index contributed by atoms with van der Waals surface area (Å²) in [7, 11) is 0. The fourth-order valence-electron chi connectivity index (χ4n) is 1.55. The highest BCUT2D eigenvalue weighted by molar-refractivity contribution is 5.30. The van der Waals surface area contributed by atoms with Gasteiger partial charge in [0.2, 0.25) is 0 Å². The van der Waals surface area contributed by atoms with Crippen molar-refractivity contribution in [2.45, 2.75) is 20.3 Å². The lowest BCUT2D eigenvalue weighted by Crippen LogP contribution is -2.13. The van der Waals surface area contributed by atoms with Crippen LogP contribution in [0.3, 0.4) is 0 Å². The van der Waals surface area contributed by atoms with E-state index in [2.05, 4.69) is 0 Å². The number of aromatic nitrogens is 1. The molecule has 0 saturated heterocycles. The van der Waals surface area contributed by atoms with Gasteiger partial charge in [-0.05, 0) is 19.1 Å². The summed E-state index contributed by atoms with van der Waals surface area (Å²) in [6, 6.07) is 9.37. The van der Waals surface area contributed by atoms with Crippen molar-refractivity contribution >= 4 is 0 Å². The summed E-state index contributed by atoms with van der Waals surface area (Å²) < 4.78 is 6.83. The minimum atomic E-state index is -0.0712. The zero-order chi connectivity index (χ0) is 10.8. The first-order chi connectivity index (χ1) is 7.24. The van der Waals surface area contributed by atoms with Crippen LogP contribution in [-0.2, 0) is 6.42 Å². The summed E-state index contributed by atoms with van der Waals surface area (Å²) >= 11 is 0. The molecule has 1 aromatic carbocycles. The van der Waals surface area contributed by atoms with Crippen molar-refractivity contribution in [1.29, 1.82) is 0 Å². The van der Waals surface area contributed by atoms with Gasteiger partial charge in [0.15, 0.2) is 0 Å². The Labute approximate surface area is 87.9 Å². The molecular weight excluding hydrogens is 190 g/mol. The zero-order valence-electron chi connectivity index (χ0n) is 8.86. The van der Waals surface area contributed by atoms with Crippen LogP contribution in [0, 0.1) is 6.92 Å². The Morgan fingerprint density at radius 1 is 1.27 bits per heavy atom. The third-order valence-corrected chi connectivity index (χ3v) is 2.44. The Morgan fingerprint density at radius 2 is 1.93 bits per heavy atom. The minimum absolute atomic E-state index is 0.0712. The first-order valence-corrected chi connectivity index (χ1v) is 5.01. The predicted octanol–water partition coefficient (Wildman–Crippen LogP) is 2.30. The molecule has 0 amide bonds. The molecule has 0 fully saturated rings. The molecule has 0 aliphatic rings. The van der Waals surface area contributed by atoms with Crippen molar-refractivity contribution in [3.05, 3.63) is 52.0 Å². The fraction of sp³-hybridized carbons (Fsp3) is 0.250. The van der Waals surface area contributed by atoms with Crippen LogP contribution in [0.5, 0.6) is 0 Å². The zero-order valence-corrected chi connectivity index (χ0v) is 8.86. The van der Waals surface area contributed by atoms with Gasteiger partial charge in [0, 0.05) is 6.42 Å². The molecule has 0 spiro atoms. The highest BCUT2D eigenvalue weighted by atomic mass is 16.5. The number of aryl methyl sites for hydroxylation is 1. The smallest absolute Gasteiger partial charge is 0.290 e. The van der Waals surface area contributed by atoms with Crippen LogP contribution < -0.4 is 5.56 Å². The molecule has 0 unspecified atom stereocenters. The van der Waals surface area contributed by atoms with Gasteiger partial charge in [0.25, 0.3) is 5.56 Å². The van der Waals surface area contributed by atoms with E-state index in [1.807, 2.05) is 37.3 Å². The Hall–Kier alpha value is -1.77. The quantitative estimate of drug-likeness (QED) is 0.750. The average molecular weight is 203 g/mol. The predicted molar refractivity (Wildman–Crippen MR) is 58.4 cm³/mol. The normalized spacial score (nSPS) is 10.5. The van der Waals surface area contributed by atoms with Crippen LogP contribution in [0.15, 0.2) is 39.6 Å². The van der Waals surface area contributed by atoms with Gasteiger partial charge in [0.1, 0.15) is 5.76 Å². The molecule has 1 aromatic heterocycles. The lowest BCUT2D eigenvalue weighted by Gasteiger charge is -1.97. The largest absolute Gasteiger partial charge is 0.376 e. The SMILES string of the molecule is CCc1on(-c2ccccc2)c(=O)c1C. The topological polar surface area (TPSA) is 35.1 Å². The standard InChI is InChI=1S/C12H13NO2/c1-3-11-9(2)12(14)13(15-11)10-7-5-4-6-8-10/h4-8H,3H2,1-2H3. The summed E-state index contributed by atoms with van der Waals surface area (Å²) in [5.41, 5.74) is 1.39. The summed E-state index contributed by atoms with van der Waals surface area (Å²) in [4.78, 5) is 11.8. The second-order valence-corrected chi connectivity index (χ2v) is 3.43. The van der Waals surface area contributed by atoms with E-state index >= 15 is 0 Å². The van der Waals surface area contributed by atoms with Crippen LogP contribution in [0.4, 0.5) is 0 Å². The van der Waals surface area contributed by atoms with E-state index in [9.17, 15) is 4.79 Å². The highest BCUT2D eigenvalue weighted by Crippen LogP contribution is 2.10. The maximum Gasteiger partial charge on any atom is 0.290 e. The third kappa shape index (κ3) is 1.61. The van der Waals surface area contributed by atoms with Crippen molar-refractivity contribution in [2.75, 3.05) is 0 Å². The number of hydrogen-bond acceptors (Lipinski definition) is 2. The average Bonchev–Trinajstić information content (AvgIpc) is 2.57. The van der Waals surface area contributed by atoms with Gasteiger partial charge in [-0.15, -0.1) is 4.74 Å². The molecule has 0 N–H and O–H groups in total. The van der Waals surface area contributed by atoms with E-state index in [4.69, 9.17) is 4.52 Å². The van der Waals surface area contributed by atoms with E-state index < -0.39 is 0 Å². The lowest BCUT2D eigenvalue weighted by molar-refractivity contribution is 0.314. The number of hydrogen-bond donors (Lipinski definition) is 0. The molecule has 0 bridgehead atoms. The molecule has 15 heavy (non-hydrogen) atoms. The fourth-order valence-corrected chi connectivity index (χ4v) is 1.55. The monoisotopic (exact) mass is 203 g/mol. The molecule has 0 aliphatic heterocycles. The van der Waals surface area contributed by atoms with E-state index in [-0.39, 0.29) is 5.56 Å². The van der Waals surface area contributed by atoms with Crippen LogP contribution >= 0.6 is 0 Å². The van der Waals surface area contributed by atoms with Crippen molar-refractivity contribution in [3.63, 3.8) is 0 Å². The van der Waals surface area contributed by atoms with Crippen LogP contribution in [0.25, 0.3) is 5.69 Å². The maximum absolute atomic E-state index is 11.8. The molecule has 0 radical (unpaired) electrons.